The number of nitrogens with zero attached hydrogens (tertiary/aromatic N) is 2. The molecule has 0 bridgehead atoms. The van der Waals surface area contributed by atoms with Crippen molar-refractivity contribution in [2.45, 2.75) is 25.7 Å². The highest BCUT2D eigenvalue weighted by Gasteiger charge is 2.21. The molecule has 2 aromatic heterocycles. The molecule has 5 nitrogen and oxygen atoms in total. The van der Waals surface area contributed by atoms with Gasteiger partial charge in [-0.3, -0.25) is 14.0 Å². The van der Waals surface area contributed by atoms with Gasteiger partial charge >= 0.3 is 0 Å². The normalized spacial score (nSPS) is 13.7. The topological polar surface area (TPSA) is 63.5 Å². The zero-order valence-electron chi connectivity index (χ0n) is 13.0. The monoisotopic (exact) mass is 377 g/mol. The second-order valence-electron chi connectivity index (χ2n) is 5.86. The van der Waals surface area contributed by atoms with Crippen LogP contribution in [0.4, 0.5) is 10.1 Å². The summed E-state index contributed by atoms with van der Waals surface area (Å²) in [4.78, 5) is 31.3. The summed E-state index contributed by atoms with van der Waals surface area (Å²) in [6, 6.07) is 3.83. The number of aryl methyl sites for hydroxylation is 2. The molecule has 0 spiro atoms. The van der Waals surface area contributed by atoms with Gasteiger partial charge in [0.1, 0.15) is 11.4 Å². The van der Waals surface area contributed by atoms with Gasteiger partial charge in [-0.25, -0.2) is 9.37 Å². The molecule has 0 saturated carbocycles. The molecule has 3 aromatic rings. The van der Waals surface area contributed by atoms with Crippen LogP contribution in [0.5, 0.6) is 0 Å². The maximum absolute atomic E-state index is 13.2. The number of fused-ring (bicyclic) bond motifs is 3. The summed E-state index contributed by atoms with van der Waals surface area (Å²) >= 11 is 7.22. The summed E-state index contributed by atoms with van der Waals surface area (Å²) < 4.78 is 14.8. The van der Waals surface area contributed by atoms with Gasteiger partial charge in [0.2, 0.25) is 0 Å². The first-order chi connectivity index (χ1) is 12.0. The first kappa shape index (κ1) is 16.2. The minimum Gasteiger partial charge on any atom is -0.322 e. The van der Waals surface area contributed by atoms with E-state index in [2.05, 4.69) is 10.3 Å². The molecule has 1 aromatic carbocycles. The van der Waals surface area contributed by atoms with E-state index in [0.717, 1.165) is 37.4 Å². The van der Waals surface area contributed by atoms with Crippen molar-refractivity contribution in [2.75, 3.05) is 5.32 Å². The molecule has 0 atom stereocenters. The van der Waals surface area contributed by atoms with Crippen molar-refractivity contribution in [1.82, 2.24) is 9.38 Å². The largest absolute Gasteiger partial charge is 0.322 e. The molecule has 25 heavy (non-hydrogen) atoms. The fourth-order valence-electron chi connectivity index (χ4n) is 3.00. The molecule has 0 aliphatic heterocycles. The Balaban J connectivity index is 1.73. The van der Waals surface area contributed by atoms with E-state index in [9.17, 15) is 14.0 Å². The number of aromatic nitrogens is 2. The van der Waals surface area contributed by atoms with E-state index in [1.807, 2.05) is 0 Å². The highest BCUT2D eigenvalue weighted by molar-refractivity contribution is 7.17. The van der Waals surface area contributed by atoms with Gasteiger partial charge in [0.15, 0.2) is 4.96 Å². The molecule has 128 valence electrons. The van der Waals surface area contributed by atoms with Gasteiger partial charge < -0.3 is 5.32 Å². The Hall–Kier alpha value is -2.25. The van der Waals surface area contributed by atoms with Crippen LogP contribution >= 0.6 is 22.9 Å². The number of anilines is 1. The van der Waals surface area contributed by atoms with E-state index in [0.29, 0.717) is 10.6 Å². The lowest BCUT2D eigenvalue weighted by atomic mass is 10.0. The average molecular weight is 378 g/mol. The number of halogens is 2. The predicted octanol–water partition coefficient (Wildman–Crippen LogP) is 3.68. The summed E-state index contributed by atoms with van der Waals surface area (Å²) in [7, 11) is 0. The molecule has 1 N–H and O–H groups in total. The number of carbonyl (C=O) groups is 1. The van der Waals surface area contributed by atoms with E-state index in [-0.39, 0.29) is 16.1 Å². The molecular weight excluding hydrogens is 365 g/mol. The lowest BCUT2D eigenvalue weighted by molar-refractivity contribution is 0.102. The maximum Gasteiger partial charge on any atom is 0.271 e. The smallest absolute Gasteiger partial charge is 0.271 e. The second-order valence-corrected chi connectivity index (χ2v) is 7.33. The van der Waals surface area contributed by atoms with Gasteiger partial charge in [0.25, 0.3) is 11.5 Å². The van der Waals surface area contributed by atoms with Crippen LogP contribution in [-0.2, 0) is 12.8 Å². The first-order valence-electron chi connectivity index (χ1n) is 7.83. The Labute approximate surface area is 151 Å². The average Bonchev–Trinajstić information content (AvgIpc) is 2.97. The Bertz CT molecular complexity index is 1060. The molecule has 0 fully saturated rings. The van der Waals surface area contributed by atoms with Crippen molar-refractivity contribution in [1.29, 1.82) is 0 Å². The quantitative estimate of drug-likeness (QED) is 0.741. The molecule has 1 aliphatic rings. The highest BCUT2D eigenvalue weighted by atomic mass is 35.5. The number of nitrogens with one attached hydrogen (secondary N) is 1. The van der Waals surface area contributed by atoms with E-state index in [4.69, 9.17) is 11.6 Å². The van der Waals surface area contributed by atoms with Crippen molar-refractivity contribution in [2.24, 2.45) is 0 Å². The van der Waals surface area contributed by atoms with Crippen LogP contribution in [0, 0.1) is 5.82 Å². The number of benzene rings is 1. The second kappa shape index (κ2) is 6.24. The third kappa shape index (κ3) is 2.83. The molecule has 0 radical (unpaired) electrons. The van der Waals surface area contributed by atoms with Crippen LogP contribution in [0.3, 0.4) is 0 Å². The van der Waals surface area contributed by atoms with E-state index in [1.165, 1.54) is 34.5 Å². The van der Waals surface area contributed by atoms with Gasteiger partial charge in [0.05, 0.1) is 5.02 Å². The molecule has 0 saturated heterocycles. The number of amides is 1. The van der Waals surface area contributed by atoms with Crippen molar-refractivity contribution < 1.29 is 9.18 Å². The lowest BCUT2D eigenvalue weighted by Crippen LogP contribution is -2.27. The number of hydrogen-bond donors (Lipinski definition) is 1. The number of thiazole rings is 1. The predicted molar refractivity (Wildman–Crippen MR) is 95.3 cm³/mol. The molecule has 0 unspecified atom stereocenters. The van der Waals surface area contributed by atoms with Crippen molar-refractivity contribution in [3.8, 4) is 0 Å². The number of carbonyl (C=O) groups excluding carboxylic acids is 1. The molecule has 1 aliphatic carbocycles. The third-order valence-corrected chi connectivity index (χ3v) is 5.67. The zero-order chi connectivity index (χ0) is 17.6. The lowest BCUT2D eigenvalue weighted by Gasteiger charge is -2.10. The number of hydrogen-bond acceptors (Lipinski definition) is 4. The highest BCUT2D eigenvalue weighted by Crippen LogP contribution is 2.28. The van der Waals surface area contributed by atoms with Crippen molar-refractivity contribution in [3.63, 3.8) is 0 Å². The third-order valence-electron chi connectivity index (χ3n) is 4.22. The Kier molecular flexibility index (Phi) is 4.05. The SMILES string of the molecule is O=C(Nc1ccc(F)c(Cl)c1)c1cnc2sc3c(n2c1=O)CCCC3. The summed E-state index contributed by atoms with van der Waals surface area (Å²) in [5, 5.41) is 2.46. The standard InChI is InChI=1S/C17H13ClFN3O2S/c18-11-7-9(5-6-12(11)19)21-15(23)10-8-20-17-22(16(10)24)13-3-1-2-4-14(13)25-17/h5-8H,1-4H2,(H,21,23). The van der Waals surface area contributed by atoms with Gasteiger partial charge in [-0.05, 0) is 43.9 Å². The Morgan fingerprint density at radius 1 is 1.32 bits per heavy atom. The van der Waals surface area contributed by atoms with Crippen LogP contribution in [0.25, 0.3) is 4.96 Å². The van der Waals surface area contributed by atoms with Gasteiger partial charge in [-0.2, -0.15) is 0 Å². The fourth-order valence-corrected chi connectivity index (χ4v) is 4.34. The Morgan fingerprint density at radius 3 is 2.92 bits per heavy atom. The van der Waals surface area contributed by atoms with Crippen LogP contribution in [-0.4, -0.2) is 15.3 Å². The van der Waals surface area contributed by atoms with E-state index >= 15 is 0 Å². The van der Waals surface area contributed by atoms with Crippen LogP contribution in [0.15, 0.2) is 29.2 Å². The van der Waals surface area contributed by atoms with Crippen LogP contribution in [0.2, 0.25) is 5.02 Å². The van der Waals surface area contributed by atoms with Crippen LogP contribution in [0.1, 0.15) is 33.8 Å². The summed E-state index contributed by atoms with van der Waals surface area (Å²) in [6.45, 7) is 0. The maximum atomic E-state index is 13.2. The van der Waals surface area contributed by atoms with Crippen molar-refractivity contribution >= 4 is 39.5 Å². The minimum atomic E-state index is -0.592. The molecule has 8 heteroatoms. The summed E-state index contributed by atoms with van der Waals surface area (Å²) in [5.74, 6) is -1.17. The Morgan fingerprint density at radius 2 is 2.12 bits per heavy atom. The van der Waals surface area contributed by atoms with Gasteiger partial charge in [0, 0.05) is 22.5 Å². The summed E-state index contributed by atoms with van der Waals surface area (Å²) in [5.41, 5.74) is 0.843. The fraction of sp³-hybridized carbons (Fsp3) is 0.235. The number of rotatable bonds is 2. The first-order valence-corrected chi connectivity index (χ1v) is 9.03. The van der Waals surface area contributed by atoms with Gasteiger partial charge in [-0.15, -0.1) is 11.3 Å². The van der Waals surface area contributed by atoms with Crippen molar-refractivity contribution in [3.05, 3.63) is 61.7 Å². The molecular formula is C17H13ClFN3O2S. The molecule has 1 amide bonds. The van der Waals surface area contributed by atoms with Crippen LogP contribution < -0.4 is 10.9 Å². The van der Waals surface area contributed by atoms with E-state index < -0.39 is 11.7 Å². The minimum absolute atomic E-state index is 0.0517. The molecule has 2 heterocycles. The molecule has 4 rings (SSSR count). The van der Waals surface area contributed by atoms with E-state index in [1.54, 1.807) is 4.40 Å². The van der Waals surface area contributed by atoms with Gasteiger partial charge in [-0.1, -0.05) is 11.6 Å². The summed E-state index contributed by atoms with van der Waals surface area (Å²) in [6.07, 6.45) is 5.18. The zero-order valence-corrected chi connectivity index (χ0v) is 14.6.